The lowest BCUT2D eigenvalue weighted by Gasteiger charge is -2.29. The molecule has 0 radical (unpaired) electrons. The topological polar surface area (TPSA) is 55.0 Å². The van der Waals surface area contributed by atoms with Gasteiger partial charge in [-0.1, -0.05) is 25.4 Å². The van der Waals surface area contributed by atoms with Gasteiger partial charge in [-0.25, -0.2) is 9.97 Å². The van der Waals surface area contributed by atoms with Gasteiger partial charge in [0.25, 0.3) is 0 Å². The normalized spacial score (nSPS) is 12.9. The van der Waals surface area contributed by atoms with Crippen LogP contribution in [-0.4, -0.2) is 23.1 Å². The van der Waals surface area contributed by atoms with E-state index in [0.29, 0.717) is 28.6 Å². The summed E-state index contributed by atoms with van der Waals surface area (Å²) in [6.07, 6.45) is 1.43. The fourth-order valence-corrected chi connectivity index (χ4v) is 1.41. The van der Waals surface area contributed by atoms with Crippen molar-refractivity contribution in [1.82, 2.24) is 9.97 Å². The van der Waals surface area contributed by atoms with Gasteiger partial charge < -0.3 is 10.6 Å². The van der Waals surface area contributed by atoms with Crippen molar-refractivity contribution in [1.29, 1.82) is 0 Å². The van der Waals surface area contributed by atoms with Crippen molar-refractivity contribution in [3.63, 3.8) is 0 Å². The number of rotatable bonds is 3. The lowest BCUT2D eigenvalue weighted by molar-refractivity contribution is 0.503. The SMILES string of the molecule is CC(C)C(C)N(C)c1ncnc(Cl)c1N. The van der Waals surface area contributed by atoms with E-state index >= 15 is 0 Å². The van der Waals surface area contributed by atoms with Crippen molar-refractivity contribution in [2.75, 3.05) is 17.7 Å². The summed E-state index contributed by atoms with van der Waals surface area (Å²) in [6.45, 7) is 6.43. The van der Waals surface area contributed by atoms with Crippen LogP contribution in [0.4, 0.5) is 11.5 Å². The van der Waals surface area contributed by atoms with Crippen molar-refractivity contribution in [3.05, 3.63) is 11.5 Å². The molecule has 1 atom stereocenters. The second kappa shape index (κ2) is 4.66. The maximum Gasteiger partial charge on any atom is 0.157 e. The molecule has 0 aromatic carbocycles. The molecule has 1 heterocycles. The molecule has 0 saturated carbocycles. The van der Waals surface area contributed by atoms with Gasteiger partial charge >= 0.3 is 0 Å². The van der Waals surface area contributed by atoms with E-state index in [2.05, 4.69) is 30.7 Å². The first-order valence-corrected chi connectivity index (χ1v) is 5.31. The van der Waals surface area contributed by atoms with Crippen LogP contribution in [0.25, 0.3) is 0 Å². The molecule has 4 nitrogen and oxygen atoms in total. The summed E-state index contributed by atoms with van der Waals surface area (Å²) in [4.78, 5) is 10.00. The van der Waals surface area contributed by atoms with Crippen LogP contribution in [-0.2, 0) is 0 Å². The Labute approximate surface area is 95.5 Å². The molecule has 84 valence electrons. The van der Waals surface area contributed by atoms with Gasteiger partial charge in [0.05, 0.1) is 0 Å². The van der Waals surface area contributed by atoms with Crippen LogP contribution in [0, 0.1) is 5.92 Å². The van der Waals surface area contributed by atoms with E-state index in [1.54, 1.807) is 0 Å². The summed E-state index contributed by atoms with van der Waals surface area (Å²) in [6, 6.07) is 0.346. The lowest BCUT2D eigenvalue weighted by atomic mass is 10.1. The van der Waals surface area contributed by atoms with E-state index in [-0.39, 0.29) is 0 Å². The quantitative estimate of drug-likeness (QED) is 0.806. The molecule has 0 bridgehead atoms. The van der Waals surface area contributed by atoms with Crippen molar-refractivity contribution in [3.8, 4) is 0 Å². The Balaban J connectivity index is 3.01. The lowest BCUT2D eigenvalue weighted by Crippen LogP contribution is -2.34. The summed E-state index contributed by atoms with van der Waals surface area (Å²) >= 11 is 5.84. The molecule has 0 fully saturated rings. The summed E-state index contributed by atoms with van der Waals surface area (Å²) < 4.78 is 0. The smallest absolute Gasteiger partial charge is 0.157 e. The Hall–Kier alpha value is -1.03. The van der Waals surface area contributed by atoms with Crippen molar-refractivity contribution in [2.45, 2.75) is 26.8 Å². The van der Waals surface area contributed by atoms with Gasteiger partial charge in [0.1, 0.15) is 12.0 Å². The molecule has 0 aliphatic heterocycles. The Morgan fingerprint density at radius 1 is 1.33 bits per heavy atom. The number of nitrogens with zero attached hydrogens (tertiary/aromatic N) is 3. The van der Waals surface area contributed by atoms with E-state index in [1.807, 2.05) is 11.9 Å². The largest absolute Gasteiger partial charge is 0.393 e. The third kappa shape index (κ3) is 2.50. The Morgan fingerprint density at radius 3 is 2.47 bits per heavy atom. The van der Waals surface area contributed by atoms with Gasteiger partial charge in [-0.15, -0.1) is 0 Å². The number of halogens is 1. The first-order chi connectivity index (χ1) is 6.95. The predicted molar refractivity (Wildman–Crippen MR) is 64.2 cm³/mol. The van der Waals surface area contributed by atoms with Gasteiger partial charge in [0, 0.05) is 13.1 Å². The predicted octanol–water partition coefficient (Wildman–Crippen LogP) is 2.19. The molecular weight excluding hydrogens is 212 g/mol. The van der Waals surface area contributed by atoms with Gasteiger partial charge in [-0.05, 0) is 12.8 Å². The van der Waals surface area contributed by atoms with E-state index in [4.69, 9.17) is 17.3 Å². The number of hydrogen-bond donors (Lipinski definition) is 1. The van der Waals surface area contributed by atoms with Crippen LogP contribution in [0.5, 0.6) is 0 Å². The van der Waals surface area contributed by atoms with Gasteiger partial charge in [-0.3, -0.25) is 0 Å². The molecular formula is C10H17ClN4. The van der Waals surface area contributed by atoms with Crippen molar-refractivity contribution < 1.29 is 0 Å². The van der Waals surface area contributed by atoms with Gasteiger partial charge in [0.2, 0.25) is 0 Å². The molecule has 0 saturated heterocycles. The summed E-state index contributed by atoms with van der Waals surface area (Å²) in [5, 5.41) is 0.308. The average molecular weight is 229 g/mol. The fourth-order valence-electron chi connectivity index (χ4n) is 1.29. The number of anilines is 2. The zero-order chi connectivity index (χ0) is 11.6. The second-order valence-corrected chi connectivity index (χ2v) is 4.36. The van der Waals surface area contributed by atoms with E-state index in [0.717, 1.165) is 0 Å². The van der Waals surface area contributed by atoms with Crippen LogP contribution in [0.15, 0.2) is 6.33 Å². The summed E-state index contributed by atoms with van der Waals surface area (Å²) in [7, 11) is 1.96. The molecule has 0 aliphatic carbocycles. The summed E-state index contributed by atoms with van der Waals surface area (Å²) in [5.41, 5.74) is 6.26. The maximum absolute atomic E-state index is 5.84. The van der Waals surface area contributed by atoms with Crippen LogP contribution in [0.2, 0.25) is 5.15 Å². The highest BCUT2D eigenvalue weighted by Crippen LogP contribution is 2.27. The minimum atomic E-state index is 0.308. The highest BCUT2D eigenvalue weighted by atomic mass is 35.5. The Kier molecular flexibility index (Phi) is 3.74. The third-order valence-electron chi connectivity index (χ3n) is 2.72. The molecule has 5 heteroatoms. The Morgan fingerprint density at radius 2 is 1.93 bits per heavy atom. The number of nitrogen functional groups attached to an aromatic ring is 1. The fraction of sp³-hybridized carbons (Fsp3) is 0.600. The van der Waals surface area contributed by atoms with Crippen molar-refractivity contribution >= 4 is 23.1 Å². The standard InChI is InChI=1S/C10H17ClN4/c1-6(2)7(3)15(4)10-8(12)9(11)13-5-14-10/h5-7H,12H2,1-4H3. The minimum absolute atomic E-state index is 0.308. The molecule has 0 amide bonds. The first-order valence-electron chi connectivity index (χ1n) is 4.94. The zero-order valence-corrected chi connectivity index (χ0v) is 10.3. The van der Waals surface area contributed by atoms with Crippen LogP contribution in [0.1, 0.15) is 20.8 Å². The minimum Gasteiger partial charge on any atom is -0.393 e. The number of nitrogens with two attached hydrogens (primary N) is 1. The molecule has 0 aliphatic rings. The van der Waals surface area contributed by atoms with Crippen molar-refractivity contribution in [2.24, 2.45) is 5.92 Å². The molecule has 1 rings (SSSR count). The van der Waals surface area contributed by atoms with E-state index < -0.39 is 0 Å². The Bertz CT molecular complexity index is 340. The molecule has 1 aromatic heterocycles. The first kappa shape index (κ1) is 12.0. The average Bonchev–Trinajstić information content (AvgIpc) is 2.20. The molecule has 15 heavy (non-hydrogen) atoms. The van der Waals surface area contributed by atoms with Gasteiger partial charge in [-0.2, -0.15) is 0 Å². The molecule has 1 aromatic rings. The zero-order valence-electron chi connectivity index (χ0n) is 9.53. The molecule has 1 unspecified atom stereocenters. The van der Waals surface area contributed by atoms with Crippen LogP contribution < -0.4 is 10.6 Å². The summed E-state index contributed by atoms with van der Waals surface area (Å²) in [5.74, 6) is 1.21. The molecule has 0 spiro atoms. The maximum atomic E-state index is 5.84. The second-order valence-electron chi connectivity index (χ2n) is 4.00. The van der Waals surface area contributed by atoms with Crippen LogP contribution in [0.3, 0.4) is 0 Å². The molecule has 2 N–H and O–H groups in total. The third-order valence-corrected chi connectivity index (χ3v) is 3.03. The van der Waals surface area contributed by atoms with E-state index in [1.165, 1.54) is 6.33 Å². The van der Waals surface area contributed by atoms with Crippen LogP contribution >= 0.6 is 11.6 Å². The highest BCUT2D eigenvalue weighted by Gasteiger charge is 2.18. The number of aromatic nitrogens is 2. The number of hydrogen-bond acceptors (Lipinski definition) is 4. The highest BCUT2D eigenvalue weighted by molar-refractivity contribution is 6.32. The van der Waals surface area contributed by atoms with E-state index in [9.17, 15) is 0 Å². The monoisotopic (exact) mass is 228 g/mol. The van der Waals surface area contributed by atoms with Gasteiger partial charge in [0.15, 0.2) is 11.0 Å².